The average molecular weight is 294 g/mol. The van der Waals surface area contributed by atoms with Crippen LogP contribution in [0.4, 0.5) is 0 Å². The van der Waals surface area contributed by atoms with Gasteiger partial charge in [-0.15, -0.1) is 0 Å². The molecule has 0 amide bonds. The van der Waals surface area contributed by atoms with E-state index in [0.717, 1.165) is 12.0 Å². The van der Waals surface area contributed by atoms with E-state index in [1.54, 1.807) is 0 Å². The molecule has 1 heterocycles. The molecule has 0 bridgehead atoms. The van der Waals surface area contributed by atoms with Crippen LogP contribution in [-0.4, -0.2) is 48.8 Å². The van der Waals surface area contributed by atoms with Crippen LogP contribution in [0.1, 0.15) is 65.2 Å². The fraction of sp³-hybridized carbons (Fsp3) is 1.00. The Bertz CT molecular complexity index is 338. The lowest BCUT2D eigenvalue weighted by molar-refractivity contribution is 0.00208. The molecule has 1 N–H and O–H groups in total. The van der Waals surface area contributed by atoms with Crippen molar-refractivity contribution in [2.45, 2.75) is 88.9 Å². The molecule has 0 aromatic carbocycles. The van der Waals surface area contributed by atoms with E-state index < -0.39 is 0 Å². The van der Waals surface area contributed by atoms with Crippen LogP contribution in [0.3, 0.4) is 0 Å². The summed E-state index contributed by atoms with van der Waals surface area (Å²) in [4.78, 5) is 2.88. The summed E-state index contributed by atoms with van der Waals surface area (Å²) in [5, 5.41) is 3.97. The van der Waals surface area contributed by atoms with E-state index >= 15 is 0 Å². The highest BCUT2D eigenvalue weighted by atomic mass is 16.5. The third kappa shape index (κ3) is 3.30. The molecule has 2 saturated carbocycles. The second-order valence-electron chi connectivity index (χ2n) is 8.03. The maximum atomic E-state index is 5.62. The van der Waals surface area contributed by atoms with Crippen molar-refractivity contribution < 1.29 is 4.74 Å². The minimum absolute atomic E-state index is 0.425. The van der Waals surface area contributed by atoms with Crippen molar-refractivity contribution in [1.29, 1.82) is 0 Å². The van der Waals surface area contributed by atoms with Gasteiger partial charge in [-0.3, -0.25) is 4.90 Å². The van der Waals surface area contributed by atoms with Crippen molar-refractivity contribution in [3.63, 3.8) is 0 Å². The summed E-state index contributed by atoms with van der Waals surface area (Å²) < 4.78 is 5.62. The summed E-state index contributed by atoms with van der Waals surface area (Å²) in [5.41, 5.74) is 0.425. The largest absolute Gasteiger partial charge is 0.381 e. The SMILES string of the molecule is COC1CCC(N2CC3(CCCCC3)NCC2C(C)C)C1. The van der Waals surface area contributed by atoms with Crippen LogP contribution in [0.5, 0.6) is 0 Å². The van der Waals surface area contributed by atoms with E-state index in [0.29, 0.717) is 17.7 Å². The first-order chi connectivity index (χ1) is 10.1. The van der Waals surface area contributed by atoms with Gasteiger partial charge in [0.25, 0.3) is 0 Å². The first kappa shape index (κ1) is 15.8. The van der Waals surface area contributed by atoms with Crippen LogP contribution in [0.15, 0.2) is 0 Å². The molecule has 3 nitrogen and oxygen atoms in total. The van der Waals surface area contributed by atoms with Crippen LogP contribution < -0.4 is 5.32 Å². The summed E-state index contributed by atoms with van der Waals surface area (Å²) in [6.45, 7) is 7.24. The average Bonchev–Trinajstić information content (AvgIpc) is 2.96. The smallest absolute Gasteiger partial charge is 0.0586 e. The zero-order chi connectivity index (χ0) is 14.9. The lowest BCUT2D eigenvalue weighted by Gasteiger charge is -2.53. The molecule has 3 aliphatic rings. The van der Waals surface area contributed by atoms with Crippen LogP contribution in [-0.2, 0) is 4.74 Å². The van der Waals surface area contributed by atoms with Gasteiger partial charge in [-0.25, -0.2) is 0 Å². The number of methoxy groups -OCH3 is 1. The molecule has 3 unspecified atom stereocenters. The first-order valence-corrected chi connectivity index (χ1v) is 9.17. The minimum Gasteiger partial charge on any atom is -0.381 e. The monoisotopic (exact) mass is 294 g/mol. The summed E-state index contributed by atoms with van der Waals surface area (Å²) in [6, 6.07) is 1.46. The van der Waals surface area contributed by atoms with Crippen LogP contribution in [0.2, 0.25) is 0 Å². The van der Waals surface area contributed by atoms with Gasteiger partial charge >= 0.3 is 0 Å². The zero-order valence-corrected chi connectivity index (χ0v) is 14.2. The Morgan fingerprint density at radius 2 is 1.90 bits per heavy atom. The quantitative estimate of drug-likeness (QED) is 0.865. The standard InChI is InChI=1S/C18H34N2O/c1-14(2)17-12-19-18(9-5-4-6-10-18)13-20(17)15-7-8-16(11-15)21-3/h14-17,19H,4-13H2,1-3H3. The molecule has 1 spiro atoms. The first-order valence-electron chi connectivity index (χ1n) is 9.17. The van der Waals surface area contributed by atoms with E-state index in [1.807, 2.05) is 7.11 Å². The van der Waals surface area contributed by atoms with Gasteiger partial charge in [0.1, 0.15) is 0 Å². The number of hydrogen-bond donors (Lipinski definition) is 1. The Hall–Kier alpha value is -0.120. The second-order valence-corrected chi connectivity index (χ2v) is 8.03. The highest BCUT2D eigenvalue weighted by Crippen LogP contribution is 2.37. The van der Waals surface area contributed by atoms with E-state index in [-0.39, 0.29) is 0 Å². The van der Waals surface area contributed by atoms with E-state index in [9.17, 15) is 0 Å². The molecule has 3 heteroatoms. The Morgan fingerprint density at radius 1 is 1.14 bits per heavy atom. The third-order valence-corrected chi connectivity index (χ3v) is 6.34. The van der Waals surface area contributed by atoms with E-state index in [2.05, 4.69) is 24.1 Å². The highest BCUT2D eigenvalue weighted by Gasteiger charge is 2.44. The minimum atomic E-state index is 0.425. The number of nitrogens with zero attached hydrogens (tertiary/aromatic N) is 1. The van der Waals surface area contributed by atoms with Gasteiger partial charge < -0.3 is 10.1 Å². The molecule has 1 aliphatic heterocycles. The molecular weight excluding hydrogens is 260 g/mol. The second kappa shape index (κ2) is 6.55. The topological polar surface area (TPSA) is 24.5 Å². The van der Waals surface area contributed by atoms with Gasteiger partial charge in [-0.05, 0) is 38.0 Å². The number of rotatable bonds is 3. The van der Waals surface area contributed by atoms with E-state index in [1.165, 1.54) is 64.5 Å². The molecule has 21 heavy (non-hydrogen) atoms. The molecular formula is C18H34N2O. The Balaban J connectivity index is 1.72. The van der Waals surface area contributed by atoms with Crippen LogP contribution in [0, 0.1) is 5.92 Å². The molecule has 0 aromatic rings. The fourth-order valence-corrected chi connectivity index (χ4v) is 4.98. The Labute approximate surface area is 130 Å². The summed E-state index contributed by atoms with van der Waals surface area (Å²) in [6.07, 6.45) is 11.4. The number of nitrogens with one attached hydrogen (secondary N) is 1. The summed E-state index contributed by atoms with van der Waals surface area (Å²) in [7, 11) is 1.88. The van der Waals surface area contributed by atoms with Crippen molar-refractivity contribution in [3.05, 3.63) is 0 Å². The van der Waals surface area contributed by atoms with Crippen molar-refractivity contribution in [2.24, 2.45) is 5.92 Å². The molecule has 0 aromatic heterocycles. The molecule has 3 fully saturated rings. The van der Waals surface area contributed by atoms with Crippen molar-refractivity contribution in [1.82, 2.24) is 10.2 Å². The number of piperazine rings is 1. The molecule has 3 atom stereocenters. The van der Waals surface area contributed by atoms with Crippen molar-refractivity contribution in [3.8, 4) is 0 Å². The molecule has 122 valence electrons. The predicted octanol–water partition coefficient (Wildman–Crippen LogP) is 3.19. The maximum absolute atomic E-state index is 5.62. The third-order valence-electron chi connectivity index (χ3n) is 6.34. The highest BCUT2D eigenvalue weighted by molar-refractivity contribution is 5.03. The normalized spacial score (nSPS) is 37.4. The van der Waals surface area contributed by atoms with Gasteiger partial charge in [-0.2, -0.15) is 0 Å². The van der Waals surface area contributed by atoms with Crippen LogP contribution in [0.25, 0.3) is 0 Å². The summed E-state index contributed by atoms with van der Waals surface area (Å²) >= 11 is 0. The number of ether oxygens (including phenoxy) is 1. The van der Waals surface area contributed by atoms with Gasteiger partial charge in [0.05, 0.1) is 6.10 Å². The van der Waals surface area contributed by atoms with Crippen molar-refractivity contribution >= 4 is 0 Å². The van der Waals surface area contributed by atoms with Gasteiger partial charge in [-0.1, -0.05) is 33.1 Å². The molecule has 3 rings (SSSR count). The summed E-state index contributed by atoms with van der Waals surface area (Å²) in [5.74, 6) is 0.736. The van der Waals surface area contributed by atoms with Crippen LogP contribution >= 0.6 is 0 Å². The van der Waals surface area contributed by atoms with Gasteiger partial charge in [0.15, 0.2) is 0 Å². The Morgan fingerprint density at radius 3 is 2.52 bits per heavy atom. The van der Waals surface area contributed by atoms with Gasteiger partial charge in [0.2, 0.25) is 0 Å². The fourth-order valence-electron chi connectivity index (χ4n) is 4.98. The lowest BCUT2D eigenvalue weighted by Crippen LogP contribution is -2.67. The lowest BCUT2D eigenvalue weighted by atomic mass is 9.78. The molecule has 0 radical (unpaired) electrons. The molecule has 1 saturated heterocycles. The zero-order valence-electron chi connectivity index (χ0n) is 14.2. The van der Waals surface area contributed by atoms with Gasteiger partial charge in [0, 0.05) is 37.8 Å². The van der Waals surface area contributed by atoms with Crippen molar-refractivity contribution in [2.75, 3.05) is 20.2 Å². The number of hydrogen-bond acceptors (Lipinski definition) is 3. The predicted molar refractivity (Wildman–Crippen MR) is 87.6 cm³/mol. The molecule has 2 aliphatic carbocycles. The van der Waals surface area contributed by atoms with E-state index in [4.69, 9.17) is 4.74 Å². The Kier molecular flexibility index (Phi) is 4.92. The maximum Gasteiger partial charge on any atom is 0.0586 e.